The Balaban J connectivity index is 2.17. The van der Waals surface area contributed by atoms with Gasteiger partial charge in [0.25, 0.3) is 0 Å². The maximum absolute atomic E-state index is 13.8. The predicted molar refractivity (Wildman–Crippen MR) is 82.5 cm³/mol. The van der Waals surface area contributed by atoms with Crippen molar-refractivity contribution in [3.05, 3.63) is 30.1 Å². The third-order valence-corrected chi connectivity index (χ3v) is 6.06. The van der Waals surface area contributed by atoms with Gasteiger partial charge in [-0.05, 0) is 37.4 Å². The van der Waals surface area contributed by atoms with Crippen LogP contribution in [0.2, 0.25) is 0 Å². The van der Waals surface area contributed by atoms with Crippen LogP contribution in [0.3, 0.4) is 0 Å². The minimum absolute atomic E-state index is 0.0214. The molecule has 0 radical (unpaired) electrons. The van der Waals surface area contributed by atoms with E-state index in [1.165, 1.54) is 24.6 Å². The highest BCUT2D eigenvalue weighted by Gasteiger charge is 2.29. The fraction of sp³-hybridized carbons (Fsp3) is 0.625. The number of halogens is 1. The molecule has 21 heavy (non-hydrogen) atoms. The predicted octanol–water partition coefficient (Wildman–Crippen LogP) is 3.16. The van der Waals surface area contributed by atoms with Crippen LogP contribution >= 0.6 is 0 Å². The summed E-state index contributed by atoms with van der Waals surface area (Å²) in [6.45, 7) is 2.71. The van der Waals surface area contributed by atoms with E-state index in [4.69, 9.17) is 0 Å². The molecule has 1 fully saturated rings. The minimum Gasteiger partial charge on any atom is -0.313 e. The van der Waals surface area contributed by atoms with Gasteiger partial charge in [-0.2, -0.15) is 0 Å². The molecule has 0 aromatic heterocycles. The zero-order valence-electron chi connectivity index (χ0n) is 12.5. The van der Waals surface area contributed by atoms with Gasteiger partial charge in [-0.15, -0.1) is 0 Å². The van der Waals surface area contributed by atoms with Crippen LogP contribution in [0.25, 0.3) is 0 Å². The summed E-state index contributed by atoms with van der Waals surface area (Å²) in [7, 11) is -3.60. The molecule has 0 bridgehead atoms. The van der Waals surface area contributed by atoms with Crippen molar-refractivity contribution in [3.8, 4) is 0 Å². The van der Waals surface area contributed by atoms with Gasteiger partial charge >= 0.3 is 0 Å². The molecule has 1 aliphatic rings. The highest BCUT2D eigenvalue weighted by Crippen LogP contribution is 2.28. The Bertz CT molecular complexity index is 553. The van der Waals surface area contributed by atoms with Gasteiger partial charge in [0, 0.05) is 6.04 Å². The summed E-state index contributed by atoms with van der Waals surface area (Å²) in [5.41, 5.74) is 0. The standard InChI is InChI=1S/C16H24FNO2S/c1-2-18-15(13-8-4-3-5-9-13)12-21(19,20)16-11-7-6-10-14(16)17/h6-7,10-11,13,15,18H,2-5,8-9,12H2,1H3. The van der Waals surface area contributed by atoms with Crippen LogP contribution in [-0.4, -0.2) is 26.8 Å². The highest BCUT2D eigenvalue weighted by atomic mass is 32.2. The van der Waals surface area contributed by atoms with E-state index in [2.05, 4.69) is 5.32 Å². The van der Waals surface area contributed by atoms with Gasteiger partial charge < -0.3 is 5.32 Å². The quantitative estimate of drug-likeness (QED) is 0.877. The summed E-state index contributed by atoms with van der Waals surface area (Å²) in [6, 6.07) is 5.56. The van der Waals surface area contributed by atoms with Gasteiger partial charge in [0.05, 0.1) is 5.75 Å². The molecule has 1 unspecified atom stereocenters. The molecule has 5 heteroatoms. The summed E-state index contributed by atoms with van der Waals surface area (Å²) < 4.78 is 38.8. The molecule has 1 saturated carbocycles. The zero-order chi connectivity index (χ0) is 15.3. The van der Waals surface area contributed by atoms with Gasteiger partial charge in [-0.3, -0.25) is 0 Å². The lowest BCUT2D eigenvalue weighted by molar-refractivity contribution is 0.285. The molecule has 1 N–H and O–H groups in total. The second-order valence-electron chi connectivity index (χ2n) is 5.77. The number of sulfone groups is 1. The summed E-state index contributed by atoms with van der Waals surface area (Å²) >= 11 is 0. The van der Waals surface area contributed by atoms with E-state index >= 15 is 0 Å². The van der Waals surface area contributed by atoms with Crippen molar-refractivity contribution in [1.82, 2.24) is 5.32 Å². The topological polar surface area (TPSA) is 46.2 Å². The average Bonchev–Trinajstić information content (AvgIpc) is 2.48. The molecule has 1 aromatic rings. The summed E-state index contributed by atoms with van der Waals surface area (Å²) in [4.78, 5) is -0.177. The molecule has 0 amide bonds. The molecule has 0 heterocycles. The van der Waals surface area contributed by atoms with E-state index in [1.807, 2.05) is 6.92 Å². The van der Waals surface area contributed by atoms with Crippen LogP contribution in [0.1, 0.15) is 39.0 Å². The summed E-state index contributed by atoms with van der Waals surface area (Å²) in [5.74, 6) is -0.302. The van der Waals surface area contributed by atoms with E-state index in [1.54, 1.807) is 6.07 Å². The second kappa shape index (κ2) is 7.36. The molecule has 0 saturated heterocycles. The Morgan fingerprint density at radius 1 is 1.24 bits per heavy atom. The molecule has 1 aromatic carbocycles. The first kappa shape index (κ1) is 16.4. The fourth-order valence-corrected chi connectivity index (χ4v) is 4.88. The lowest BCUT2D eigenvalue weighted by atomic mass is 9.84. The lowest BCUT2D eigenvalue weighted by Crippen LogP contribution is -2.42. The van der Waals surface area contributed by atoms with E-state index in [-0.39, 0.29) is 16.7 Å². The number of benzene rings is 1. The number of hydrogen-bond acceptors (Lipinski definition) is 3. The van der Waals surface area contributed by atoms with E-state index in [0.29, 0.717) is 5.92 Å². The smallest absolute Gasteiger partial charge is 0.182 e. The molecule has 2 rings (SSSR count). The first-order valence-electron chi connectivity index (χ1n) is 7.75. The van der Waals surface area contributed by atoms with Crippen molar-refractivity contribution in [2.75, 3.05) is 12.3 Å². The molecular weight excluding hydrogens is 289 g/mol. The Morgan fingerprint density at radius 3 is 2.52 bits per heavy atom. The van der Waals surface area contributed by atoms with Crippen LogP contribution in [0.4, 0.5) is 4.39 Å². The van der Waals surface area contributed by atoms with Crippen LogP contribution in [0.5, 0.6) is 0 Å². The van der Waals surface area contributed by atoms with Gasteiger partial charge in [-0.25, -0.2) is 12.8 Å². The molecule has 1 aliphatic carbocycles. The lowest BCUT2D eigenvalue weighted by Gasteiger charge is -2.30. The molecule has 0 aliphatic heterocycles. The maximum atomic E-state index is 13.8. The molecule has 1 atom stereocenters. The SMILES string of the molecule is CCNC(CS(=O)(=O)c1ccccc1F)C1CCCCC1. The number of rotatable bonds is 6. The molecule has 3 nitrogen and oxygen atoms in total. The minimum atomic E-state index is -3.60. The molecule has 0 spiro atoms. The van der Waals surface area contributed by atoms with Crippen LogP contribution in [0.15, 0.2) is 29.2 Å². The van der Waals surface area contributed by atoms with Gasteiger partial charge in [0.15, 0.2) is 9.84 Å². The third kappa shape index (κ3) is 4.27. The van der Waals surface area contributed by atoms with Crippen molar-refractivity contribution in [2.24, 2.45) is 5.92 Å². The first-order chi connectivity index (χ1) is 10.0. The van der Waals surface area contributed by atoms with Crippen molar-refractivity contribution in [2.45, 2.75) is 50.0 Å². The zero-order valence-corrected chi connectivity index (χ0v) is 13.3. The normalized spacial score (nSPS) is 18.6. The average molecular weight is 313 g/mol. The van der Waals surface area contributed by atoms with Crippen molar-refractivity contribution >= 4 is 9.84 Å². The van der Waals surface area contributed by atoms with Gasteiger partial charge in [0.2, 0.25) is 0 Å². The third-order valence-electron chi connectivity index (χ3n) is 4.26. The fourth-order valence-electron chi connectivity index (χ4n) is 3.18. The Morgan fingerprint density at radius 2 is 1.90 bits per heavy atom. The second-order valence-corrected chi connectivity index (χ2v) is 7.78. The Kier molecular flexibility index (Phi) is 5.76. The van der Waals surface area contributed by atoms with Crippen LogP contribution in [-0.2, 0) is 9.84 Å². The van der Waals surface area contributed by atoms with Crippen molar-refractivity contribution in [3.63, 3.8) is 0 Å². The largest absolute Gasteiger partial charge is 0.313 e. The molecule has 118 valence electrons. The first-order valence-corrected chi connectivity index (χ1v) is 9.40. The van der Waals surface area contributed by atoms with Crippen LogP contribution < -0.4 is 5.32 Å². The Hall–Kier alpha value is -0.940. The van der Waals surface area contributed by atoms with Crippen molar-refractivity contribution < 1.29 is 12.8 Å². The Labute approximate surface area is 126 Å². The van der Waals surface area contributed by atoms with E-state index in [0.717, 1.165) is 32.2 Å². The summed E-state index contributed by atoms with van der Waals surface area (Å²) in [6.07, 6.45) is 5.67. The van der Waals surface area contributed by atoms with Crippen molar-refractivity contribution in [1.29, 1.82) is 0 Å². The van der Waals surface area contributed by atoms with E-state index < -0.39 is 15.7 Å². The maximum Gasteiger partial charge on any atom is 0.182 e. The summed E-state index contributed by atoms with van der Waals surface area (Å²) in [5, 5.41) is 3.30. The highest BCUT2D eigenvalue weighted by molar-refractivity contribution is 7.91. The monoisotopic (exact) mass is 313 g/mol. The number of nitrogens with one attached hydrogen (secondary N) is 1. The van der Waals surface area contributed by atoms with Crippen LogP contribution in [0, 0.1) is 11.7 Å². The van der Waals surface area contributed by atoms with E-state index in [9.17, 15) is 12.8 Å². The molecular formula is C16H24FNO2S. The van der Waals surface area contributed by atoms with Gasteiger partial charge in [-0.1, -0.05) is 38.3 Å². The number of hydrogen-bond donors (Lipinski definition) is 1. The van der Waals surface area contributed by atoms with Gasteiger partial charge in [0.1, 0.15) is 10.7 Å².